The normalized spacial score (nSPS) is 25.4. The number of likely N-dealkylation sites (tertiary alicyclic amines) is 1. The minimum atomic E-state index is -0.527. The maximum atomic E-state index is 12.5. The number of rotatable bonds is 2. The fraction of sp³-hybridized carbons (Fsp3) is 0.533. The number of benzene rings is 1. The molecule has 0 bridgehead atoms. The van der Waals surface area contributed by atoms with Crippen molar-refractivity contribution in [3.63, 3.8) is 0 Å². The molecule has 1 saturated heterocycles. The van der Waals surface area contributed by atoms with Gasteiger partial charge in [0.1, 0.15) is 6.61 Å². The maximum absolute atomic E-state index is 12.5. The highest BCUT2D eigenvalue weighted by atomic mass is 16.6. The molecule has 0 aliphatic carbocycles. The molecule has 1 amide bonds. The number of fused-ring (bicyclic) bond motifs is 1. The predicted molar refractivity (Wildman–Crippen MR) is 75.0 cm³/mol. The van der Waals surface area contributed by atoms with E-state index in [1.165, 1.54) is 0 Å². The standard InChI is InChI=1S/C15H20N2O3/c1-16-11-5-4-8-17(9-11)15(18)14-10-19-12-6-2-3-7-13(12)20-14/h2-3,6-7,11,14,16H,4-5,8-10H2,1H3. The summed E-state index contributed by atoms with van der Waals surface area (Å²) in [6.45, 7) is 1.84. The molecule has 1 fully saturated rings. The summed E-state index contributed by atoms with van der Waals surface area (Å²) in [5.41, 5.74) is 0. The van der Waals surface area contributed by atoms with Crippen molar-refractivity contribution < 1.29 is 14.3 Å². The molecule has 0 saturated carbocycles. The molecule has 2 aliphatic rings. The van der Waals surface area contributed by atoms with Gasteiger partial charge in [0.15, 0.2) is 11.5 Å². The largest absolute Gasteiger partial charge is 0.485 e. The Hall–Kier alpha value is -1.75. The van der Waals surface area contributed by atoms with Crippen LogP contribution in [0.25, 0.3) is 0 Å². The average Bonchev–Trinajstić information content (AvgIpc) is 2.53. The first-order chi connectivity index (χ1) is 9.78. The number of likely N-dealkylation sites (N-methyl/N-ethyl adjacent to an activating group) is 1. The summed E-state index contributed by atoms with van der Waals surface area (Å²) in [6.07, 6.45) is 1.62. The first kappa shape index (κ1) is 13.2. The monoisotopic (exact) mass is 276 g/mol. The molecular weight excluding hydrogens is 256 g/mol. The van der Waals surface area contributed by atoms with Gasteiger partial charge in [-0.05, 0) is 32.0 Å². The Morgan fingerprint density at radius 2 is 2.15 bits per heavy atom. The first-order valence-electron chi connectivity index (χ1n) is 7.12. The van der Waals surface area contributed by atoms with E-state index in [9.17, 15) is 4.79 Å². The van der Waals surface area contributed by atoms with Crippen LogP contribution in [0, 0.1) is 0 Å². The van der Waals surface area contributed by atoms with Gasteiger partial charge in [-0.3, -0.25) is 4.79 Å². The van der Waals surface area contributed by atoms with Gasteiger partial charge in [-0.15, -0.1) is 0 Å². The molecule has 5 heteroatoms. The molecule has 0 spiro atoms. The van der Waals surface area contributed by atoms with Crippen LogP contribution < -0.4 is 14.8 Å². The first-order valence-corrected chi connectivity index (χ1v) is 7.12. The van der Waals surface area contributed by atoms with Gasteiger partial charge in [0.25, 0.3) is 5.91 Å². The number of carbonyl (C=O) groups is 1. The second-order valence-electron chi connectivity index (χ2n) is 5.28. The van der Waals surface area contributed by atoms with Crippen molar-refractivity contribution in [1.82, 2.24) is 10.2 Å². The summed E-state index contributed by atoms with van der Waals surface area (Å²) >= 11 is 0. The fourth-order valence-corrected chi connectivity index (χ4v) is 2.76. The smallest absolute Gasteiger partial charge is 0.267 e. The minimum Gasteiger partial charge on any atom is -0.485 e. The fourth-order valence-electron chi connectivity index (χ4n) is 2.76. The van der Waals surface area contributed by atoms with Gasteiger partial charge in [-0.25, -0.2) is 0 Å². The third kappa shape index (κ3) is 2.58. The van der Waals surface area contributed by atoms with Crippen LogP contribution >= 0.6 is 0 Å². The van der Waals surface area contributed by atoms with Crippen molar-refractivity contribution in [3.8, 4) is 11.5 Å². The summed E-state index contributed by atoms with van der Waals surface area (Å²) < 4.78 is 11.4. The maximum Gasteiger partial charge on any atom is 0.267 e. The van der Waals surface area contributed by atoms with E-state index in [0.29, 0.717) is 17.5 Å². The zero-order valence-electron chi connectivity index (χ0n) is 11.7. The molecule has 2 atom stereocenters. The zero-order chi connectivity index (χ0) is 13.9. The predicted octanol–water partition coefficient (Wildman–Crippen LogP) is 1.04. The van der Waals surface area contributed by atoms with Crippen LogP contribution in [0.4, 0.5) is 0 Å². The Balaban J connectivity index is 1.67. The van der Waals surface area contributed by atoms with Gasteiger partial charge in [0, 0.05) is 19.1 Å². The lowest BCUT2D eigenvalue weighted by atomic mass is 10.1. The zero-order valence-corrected chi connectivity index (χ0v) is 11.7. The third-order valence-electron chi connectivity index (χ3n) is 3.93. The van der Waals surface area contributed by atoms with Crippen LogP contribution in [0.3, 0.4) is 0 Å². The number of ether oxygens (including phenoxy) is 2. The minimum absolute atomic E-state index is 0.0273. The molecule has 2 heterocycles. The average molecular weight is 276 g/mol. The van der Waals surface area contributed by atoms with E-state index in [1.54, 1.807) is 0 Å². The SMILES string of the molecule is CNC1CCCN(C(=O)C2COc3ccccc3O2)C1. The van der Waals surface area contributed by atoms with E-state index < -0.39 is 6.10 Å². The van der Waals surface area contributed by atoms with Crippen LogP contribution in [0.5, 0.6) is 11.5 Å². The van der Waals surface area contributed by atoms with E-state index in [0.717, 1.165) is 25.9 Å². The second kappa shape index (κ2) is 5.71. The molecule has 5 nitrogen and oxygen atoms in total. The second-order valence-corrected chi connectivity index (χ2v) is 5.28. The summed E-state index contributed by atoms with van der Waals surface area (Å²) in [6, 6.07) is 7.85. The van der Waals surface area contributed by atoms with Gasteiger partial charge in [-0.1, -0.05) is 12.1 Å². The highest BCUT2D eigenvalue weighted by Crippen LogP contribution is 2.31. The summed E-state index contributed by atoms with van der Waals surface area (Å²) in [5.74, 6) is 1.39. The summed E-state index contributed by atoms with van der Waals surface area (Å²) in [7, 11) is 1.94. The highest BCUT2D eigenvalue weighted by molar-refractivity contribution is 5.82. The van der Waals surface area contributed by atoms with E-state index in [1.807, 2.05) is 36.2 Å². The number of nitrogens with zero attached hydrogens (tertiary/aromatic N) is 1. The van der Waals surface area contributed by atoms with Crippen molar-refractivity contribution in [2.45, 2.75) is 25.0 Å². The van der Waals surface area contributed by atoms with Crippen molar-refractivity contribution >= 4 is 5.91 Å². The van der Waals surface area contributed by atoms with Crippen molar-refractivity contribution in [1.29, 1.82) is 0 Å². The molecule has 1 aromatic rings. The Morgan fingerprint density at radius 3 is 2.95 bits per heavy atom. The van der Waals surface area contributed by atoms with E-state index in [2.05, 4.69) is 5.32 Å². The third-order valence-corrected chi connectivity index (χ3v) is 3.93. The lowest BCUT2D eigenvalue weighted by Gasteiger charge is -2.35. The number of amides is 1. The molecule has 1 N–H and O–H groups in total. The molecule has 2 unspecified atom stereocenters. The molecule has 0 aromatic heterocycles. The molecule has 3 rings (SSSR count). The van der Waals surface area contributed by atoms with Crippen LogP contribution in [0.1, 0.15) is 12.8 Å². The van der Waals surface area contributed by atoms with Gasteiger partial charge in [0.2, 0.25) is 6.10 Å². The molecule has 2 aliphatic heterocycles. The lowest BCUT2D eigenvalue weighted by Crippen LogP contribution is -2.53. The highest BCUT2D eigenvalue weighted by Gasteiger charge is 2.33. The molecule has 108 valence electrons. The molecular formula is C15H20N2O3. The quantitative estimate of drug-likeness (QED) is 0.877. The Kier molecular flexibility index (Phi) is 3.78. The summed E-state index contributed by atoms with van der Waals surface area (Å²) in [5, 5.41) is 3.24. The lowest BCUT2D eigenvalue weighted by molar-refractivity contribution is -0.142. The van der Waals surface area contributed by atoms with Gasteiger partial charge >= 0.3 is 0 Å². The van der Waals surface area contributed by atoms with E-state index in [-0.39, 0.29) is 12.5 Å². The molecule has 20 heavy (non-hydrogen) atoms. The van der Waals surface area contributed by atoms with Gasteiger partial charge in [-0.2, -0.15) is 0 Å². The van der Waals surface area contributed by atoms with Crippen LogP contribution in [0.15, 0.2) is 24.3 Å². The Bertz CT molecular complexity index is 492. The Morgan fingerprint density at radius 1 is 1.35 bits per heavy atom. The van der Waals surface area contributed by atoms with Crippen molar-refractivity contribution in [3.05, 3.63) is 24.3 Å². The number of nitrogens with one attached hydrogen (secondary N) is 1. The van der Waals surface area contributed by atoms with Crippen molar-refractivity contribution in [2.24, 2.45) is 0 Å². The van der Waals surface area contributed by atoms with Crippen LogP contribution in [-0.2, 0) is 4.79 Å². The number of piperidine rings is 1. The number of para-hydroxylation sites is 2. The number of carbonyl (C=O) groups excluding carboxylic acids is 1. The van der Waals surface area contributed by atoms with Crippen molar-refractivity contribution in [2.75, 3.05) is 26.7 Å². The van der Waals surface area contributed by atoms with Gasteiger partial charge in [0.05, 0.1) is 0 Å². The molecule has 0 radical (unpaired) electrons. The molecule has 1 aromatic carbocycles. The van der Waals surface area contributed by atoms with E-state index in [4.69, 9.17) is 9.47 Å². The van der Waals surface area contributed by atoms with Gasteiger partial charge < -0.3 is 19.7 Å². The number of hydrogen-bond donors (Lipinski definition) is 1. The Labute approximate surface area is 118 Å². The summed E-state index contributed by atoms with van der Waals surface area (Å²) in [4.78, 5) is 14.4. The van der Waals surface area contributed by atoms with E-state index >= 15 is 0 Å². The van der Waals surface area contributed by atoms with Crippen LogP contribution in [0.2, 0.25) is 0 Å². The van der Waals surface area contributed by atoms with Crippen LogP contribution in [-0.4, -0.2) is 49.7 Å². The number of hydrogen-bond acceptors (Lipinski definition) is 4. The topological polar surface area (TPSA) is 50.8 Å².